The van der Waals surface area contributed by atoms with Gasteiger partial charge in [0.1, 0.15) is 0 Å². The zero-order valence-electron chi connectivity index (χ0n) is 29.6. The van der Waals surface area contributed by atoms with Gasteiger partial charge in [-0.05, 0) is 157 Å². The minimum Gasteiger partial charge on any atom is -0.469 e. The lowest BCUT2D eigenvalue weighted by molar-refractivity contribution is -0.170. The van der Waals surface area contributed by atoms with Crippen LogP contribution in [0.25, 0.3) is 0 Å². The van der Waals surface area contributed by atoms with Crippen LogP contribution in [0.2, 0.25) is 58.9 Å². The Kier molecular flexibility index (Phi) is 10.2. The molecular formula is C34H66O5Si3. The third-order valence-corrected chi connectivity index (χ3v) is 15.1. The van der Waals surface area contributed by atoms with E-state index >= 15 is 0 Å². The average Bonchev–Trinajstić information content (AvgIpc) is 3.18. The average molecular weight is 639 g/mol. The molecule has 0 N–H and O–H groups in total. The molecule has 0 aromatic rings. The van der Waals surface area contributed by atoms with E-state index in [4.69, 9.17) is 18.0 Å². The Labute approximate surface area is 262 Å². The van der Waals surface area contributed by atoms with Gasteiger partial charge in [0.2, 0.25) is 0 Å². The van der Waals surface area contributed by atoms with Gasteiger partial charge in [0.15, 0.2) is 25.0 Å². The molecule has 0 radical (unpaired) electrons. The van der Waals surface area contributed by atoms with Crippen molar-refractivity contribution in [2.24, 2.45) is 46.3 Å². The maximum atomic E-state index is 12.5. The van der Waals surface area contributed by atoms with Gasteiger partial charge in [0, 0.05) is 12.2 Å². The van der Waals surface area contributed by atoms with Crippen LogP contribution in [0.4, 0.5) is 0 Å². The van der Waals surface area contributed by atoms with Gasteiger partial charge in [-0.25, -0.2) is 0 Å². The molecule has 0 spiro atoms. The fourth-order valence-electron chi connectivity index (χ4n) is 10.5. The molecule has 0 heterocycles. The van der Waals surface area contributed by atoms with Crippen molar-refractivity contribution >= 4 is 30.9 Å². The lowest BCUT2D eigenvalue weighted by Crippen LogP contribution is -2.60. The fourth-order valence-corrected chi connectivity index (χ4v) is 14.1. The molecule has 4 rings (SSSR count). The Bertz CT molecular complexity index is 954. The second-order valence-corrected chi connectivity index (χ2v) is 31.6. The summed E-state index contributed by atoms with van der Waals surface area (Å²) >= 11 is 0. The molecule has 0 aliphatic heterocycles. The Morgan fingerprint density at radius 1 is 0.786 bits per heavy atom. The Morgan fingerprint density at radius 3 is 1.95 bits per heavy atom. The maximum Gasteiger partial charge on any atom is 0.308 e. The van der Waals surface area contributed by atoms with Gasteiger partial charge >= 0.3 is 5.97 Å². The van der Waals surface area contributed by atoms with Crippen LogP contribution in [-0.4, -0.2) is 56.3 Å². The largest absolute Gasteiger partial charge is 0.469 e. The molecule has 4 saturated carbocycles. The minimum absolute atomic E-state index is 0.0636. The highest BCUT2D eigenvalue weighted by molar-refractivity contribution is 6.70. The quantitative estimate of drug-likeness (QED) is 0.176. The molecule has 42 heavy (non-hydrogen) atoms. The molecule has 5 nitrogen and oxygen atoms in total. The predicted octanol–water partition coefficient (Wildman–Crippen LogP) is 9.11. The Hall–Kier alpha value is 0.000649. The van der Waals surface area contributed by atoms with Crippen molar-refractivity contribution in [1.29, 1.82) is 0 Å². The fraction of sp³-hybridized carbons (Fsp3) is 0.971. The number of esters is 1. The van der Waals surface area contributed by atoms with E-state index in [0.29, 0.717) is 53.6 Å². The number of fused-ring (bicyclic) bond motifs is 5. The van der Waals surface area contributed by atoms with Gasteiger partial charge in [-0.15, -0.1) is 0 Å². The number of carbonyl (C=O) groups is 1. The van der Waals surface area contributed by atoms with Gasteiger partial charge in [-0.2, -0.15) is 0 Å². The van der Waals surface area contributed by atoms with E-state index in [2.05, 4.69) is 79.7 Å². The van der Waals surface area contributed by atoms with E-state index in [1.54, 1.807) is 0 Å². The molecular weight excluding hydrogens is 573 g/mol. The predicted molar refractivity (Wildman–Crippen MR) is 181 cm³/mol. The Balaban J connectivity index is 1.63. The third kappa shape index (κ3) is 7.51. The van der Waals surface area contributed by atoms with Gasteiger partial charge in [-0.3, -0.25) is 4.79 Å². The Morgan fingerprint density at radius 2 is 1.38 bits per heavy atom. The molecule has 4 unspecified atom stereocenters. The summed E-state index contributed by atoms with van der Waals surface area (Å²) in [5, 5.41) is 0. The van der Waals surface area contributed by atoms with Crippen molar-refractivity contribution in [3.8, 4) is 0 Å². The van der Waals surface area contributed by atoms with Crippen LogP contribution in [0, 0.1) is 46.3 Å². The second-order valence-electron chi connectivity index (χ2n) is 18.3. The van der Waals surface area contributed by atoms with Crippen LogP contribution in [0.1, 0.15) is 78.6 Å². The SMILES string of the molecule is COC(=O)CC(O[Si](C)(C)C)[C@@H](C)[C@H]1CCC2C3C(CC[C@@]21C)[C@@]1(C)CC[C@@H](O[Si](C)(C)C)C[C@H]1C[C@@H]3O[Si](C)(C)C. The van der Waals surface area contributed by atoms with Crippen LogP contribution in [0.15, 0.2) is 0 Å². The summed E-state index contributed by atoms with van der Waals surface area (Å²) in [5.74, 6) is 3.52. The molecule has 8 heteroatoms. The van der Waals surface area contributed by atoms with E-state index in [-0.39, 0.29) is 17.5 Å². The summed E-state index contributed by atoms with van der Waals surface area (Å²) < 4.78 is 25.8. The molecule has 0 amide bonds. The molecule has 11 atom stereocenters. The highest BCUT2D eigenvalue weighted by Crippen LogP contribution is 2.69. The zero-order chi connectivity index (χ0) is 31.5. The summed E-state index contributed by atoms with van der Waals surface area (Å²) in [6.45, 7) is 28.6. The minimum atomic E-state index is -1.83. The van der Waals surface area contributed by atoms with Crippen molar-refractivity contribution in [1.82, 2.24) is 0 Å². The summed E-state index contributed by atoms with van der Waals surface area (Å²) in [6, 6.07) is 0. The van der Waals surface area contributed by atoms with Crippen LogP contribution >= 0.6 is 0 Å². The van der Waals surface area contributed by atoms with Gasteiger partial charge in [0.05, 0.1) is 19.6 Å². The monoisotopic (exact) mass is 638 g/mol. The number of rotatable bonds is 10. The van der Waals surface area contributed by atoms with Gasteiger partial charge < -0.3 is 18.0 Å². The van der Waals surface area contributed by atoms with Crippen molar-refractivity contribution in [2.75, 3.05) is 7.11 Å². The van der Waals surface area contributed by atoms with Crippen molar-refractivity contribution in [2.45, 2.75) is 156 Å². The normalized spacial score (nSPS) is 40.5. The molecule has 4 fully saturated rings. The van der Waals surface area contributed by atoms with Crippen LogP contribution in [-0.2, 0) is 22.8 Å². The first-order valence-corrected chi connectivity index (χ1v) is 27.5. The molecule has 4 aliphatic rings. The first kappa shape index (κ1) is 34.9. The lowest BCUT2D eigenvalue weighted by atomic mass is 9.43. The van der Waals surface area contributed by atoms with E-state index in [0.717, 1.165) is 5.92 Å². The highest BCUT2D eigenvalue weighted by Gasteiger charge is 2.64. The number of methoxy groups -OCH3 is 1. The number of hydrogen-bond donors (Lipinski definition) is 0. The van der Waals surface area contributed by atoms with Gasteiger partial charge in [-0.1, -0.05) is 20.8 Å². The second kappa shape index (κ2) is 12.3. The zero-order valence-corrected chi connectivity index (χ0v) is 32.6. The van der Waals surface area contributed by atoms with Crippen LogP contribution < -0.4 is 0 Å². The summed E-state index contributed by atoms with van der Waals surface area (Å²) in [5.41, 5.74) is 0.656. The van der Waals surface area contributed by atoms with Crippen LogP contribution in [0.5, 0.6) is 0 Å². The molecule has 4 aliphatic carbocycles. The van der Waals surface area contributed by atoms with E-state index in [1.165, 1.54) is 58.5 Å². The first-order chi connectivity index (χ1) is 19.2. The van der Waals surface area contributed by atoms with Crippen molar-refractivity contribution in [3.05, 3.63) is 0 Å². The molecule has 244 valence electrons. The van der Waals surface area contributed by atoms with Gasteiger partial charge in [0.25, 0.3) is 0 Å². The smallest absolute Gasteiger partial charge is 0.308 e. The van der Waals surface area contributed by atoms with E-state index < -0.39 is 25.0 Å². The third-order valence-electron chi connectivity index (χ3n) is 12.0. The molecule has 0 aromatic carbocycles. The summed E-state index contributed by atoms with van der Waals surface area (Å²) in [7, 11) is -3.60. The molecule has 0 aromatic heterocycles. The van der Waals surface area contributed by atoms with E-state index in [9.17, 15) is 4.79 Å². The maximum absolute atomic E-state index is 12.5. The number of ether oxygens (including phenoxy) is 1. The van der Waals surface area contributed by atoms with Crippen LogP contribution in [0.3, 0.4) is 0 Å². The standard InChI is InChI=1S/C34H66O5Si3/c1-23(29(22-31(35)36-4)38-41(8,9)10)26-14-15-27-32-28(17-19-34(26,27)3)33(2)18-16-25(37-40(5,6)7)20-24(33)21-30(32)39-42(11,12)13/h23-30,32H,14-22H2,1-13H3/t23-,24-,25+,26+,27?,28?,29?,30-,32?,33-,34+/m0/s1. The first-order valence-electron chi connectivity index (χ1n) is 17.3. The van der Waals surface area contributed by atoms with Crippen molar-refractivity contribution in [3.63, 3.8) is 0 Å². The lowest BCUT2D eigenvalue weighted by Gasteiger charge is -2.64. The van der Waals surface area contributed by atoms with E-state index in [1.807, 2.05) is 0 Å². The van der Waals surface area contributed by atoms with Crippen molar-refractivity contribution < 1.29 is 22.8 Å². The topological polar surface area (TPSA) is 54.0 Å². The molecule has 0 bridgehead atoms. The summed E-state index contributed by atoms with van der Waals surface area (Å²) in [6.07, 6.45) is 11.2. The number of carbonyl (C=O) groups excluding carboxylic acids is 1. The highest BCUT2D eigenvalue weighted by atomic mass is 28.4. The number of hydrogen-bond acceptors (Lipinski definition) is 5. The molecule has 0 saturated heterocycles. The summed E-state index contributed by atoms with van der Waals surface area (Å²) in [4.78, 5) is 12.5.